The van der Waals surface area contributed by atoms with Crippen molar-refractivity contribution in [2.24, 2.45) is 0 Å². The molecule has 0 aromatic carbocycles. The molecule has 0 amide bonds. The van der Waals surface area contributed by atoms with Gasteiger partial charge in [-0.25, -0.2) is 4.21 Å². The maximum absolute atomic E-state index is 10.8. The smallest absolute Gasteiger partial charge is 0.113 e. The summed E-state index contributed by atoms with van der Waals surface area (Å²) >= 11 is 1.71. The van der Waals surface area contributed by atoms with Crippen LogP contribution >= 0.6 is 11.3 Å². The van der Waals surface area contributed by atoms with E-state index in [0.717, 1.165) is 5.69 Å². The monoisotopic (exact) mass is 189 g/mol. The summed E-state index contributed by atoms with van der Waals surface area (Å²) in [5.74, 6) is 0. The van der Waals surface area contributed by atoms with Crippen molar-refractivity contribution in [1.82, 2.24) is 0 Å². The number of hydrogen-bond donors (Lipinski definition) is 1. The molecule has 1 rings (SSSR count). The Morgan fingerprint density at radius 1 is 1.55 bits per heavy atom. The SMILES string of the molecule is Cc1cc(NS(C)=O)c(C)s1. The van der Waals surface area contributed by atoms with E-state index >= 15 is 0 Å². The molecular formula is C7H11NOS2. The molecule has 0 aliphatic heterocycles. The van der Waals surface area contributed by atoms with Crippen LogP contribution in [0.1, 0.15) is 9.75 Å². The number of anilines is 1. The van der Waals surface area contributed by atoms with Crippen LogP contribution in [0.15, 0.2) is 6.07 Å². The minimum absolute atomic E-state index is 0.957. The molecule has 11 heavy (non-hydrogen) atoms. The predicted molar refractivity (Wildman–Crippen MR) is 51.5 cm³/mol. The van der Waals surface area contributed by atoms with Crippen molar-refractivity contribution in [3.8, 4) is 0 Å². The van der Waals surface area contributed by atoms with Crippen LogP contribution in [0.5, 0.6) is 0 Å². The van der Waals surface area contributed by atoms with Crippen LogP contribution in [-0.4, -0.2) is 10.5 Å². The molecule has 2 nitrogen and oxygen atoms in total. The average molecular weight is 189 g/mol. The summed E-state index contributed by atoms with van der Waals surface area (Å²) in [6.07, 6.45) is 1.63. The molecule has 1 aromatic rings. The van der Waals surface area contributed by atoms with Crippen molar-refractivity contribution in [2.45, 2.75) is 13.8 Å². The Balaban J connectivity index is 2.85. The van der Waals surface area contributed by atoms with Gasteiger partial charge < -0.3 is 4.72 Å². The first kappa shape index (κ1) is 8.74. The Bertz CT molecular complexity index is 280. The molecule has 0 saturated carbocycles. The van der Waals surface area contributed by atoms with Crippen LogP contribution in [-0.2, 0) is 11.0 Å². The molecule has 1 N–H and O–H groups in total. The van der Waals surface area contributed by atoms with Crippen molar-refractivity contribution in [3.05, 3.63) is 15.8 Å². The Morgan fingerprint density at radius 3 is 2.55 bits per heavy atom. The lowest BCUT2D eigenvalue weighted by Gasteiger charge is -1.98. The van der Waals surface area contributed by atoms with Crippen molar-refractivity contribution >= 4 is 28.0 Å². The van der Waals surface area contributed by atoms with Gasteiger partial charge in [0.05, 0.1) is 5.69 Å². The summed E-state index contributed by atoms with van der Waals surface area (Å²) in [4.78, 5) is 2.44. The highest BCUT2D eigenvalue weighted by molar-refractivity contribution is 7.85. The zero-order chi connectivity index (χ0) is 8.43. The highest BCUT2D eigenvalue weighted by atomic mass is 32.2. The van der Waals surface area contributed by atoms with E-state index in [1.54, 1.807) is 17.6 Å². The van der Waals surface area contributed by atoms with Crippen molar-refractivity contribution in [3.63, 3.8) is 0 Å². The molecule has 62 valence electrons. The third kappa shape index (κ3) is 2.31. The molecule has 0 aliphatic rings. The zero-order valence-electron chi connectivity index (χ0n) is 6.80. The maximum atomic E-state index is 10.8. The molecule has 0 saturated heterocycles. The second kappa shape index (κ2) is 3.36. The highest BCUT2D eigenvalue weighted by Crippen LogP contribution is 2.25. The van der Waals surface area contributed by atoms with Crippen molar-refractivity contribution < 1.29 is 4.21 Å². The van der Waals surface area contributed by atoms with Gasteiger partial charge in [0, 0.05) is 16.0 Å². The van der Waals surface area contributed by atoms with Crippen LogP contribution in [0.4, 0.5) is 5.69 Å². The number of hydrogen-bond acceptors (Lipinski definition) is 2. The molecule has 0 aliphatic carbocycles. The van der Waals surface area contributed by atoms with Gasteiger partial charge in [-0.3, -0.25) is 0 Å². The second-order valence-corrected chi connectivity index (χ2v) is 4.96. The van der Waals surface area contributed by atoms with E-state index < -0.39 is 11.0 Å². The molecule has 0 spiro atoms. The lowest BCUT2D eigenvalue weighted by molar-refractivity contribution is 0.690. The standard InChI is InChI=1S/C7H11NOS2/c1-5-4-7(6(2)10-5)8-11(3)9/h4,8H,1-3H3. The van der Waals surface area contributed by atoms with E-state index in [1.165, 1.54) is 9.75 Å². The number of thiophene rings is 1. The fourth-order valence-electron chi connectivity index (χ4n) is 0.887. The van der Waals surface area contributed by atoms with Gasteiger partial charge in [0.15, 0.2) is 0 Å². The van der Waals surface area contributed by atoms with Gasteiger partial charge in [0.1, 0.15) is 11.0 Å². The molecule has 1 aromatic heterocycles. The Hall–Kier alpha value is -0.350. The Labute approximate surface area is 73.2 Å². The average Bonchev–Trinajstić information content (AvgIpc) is 2.09. The van der Waals surface area contributed by atoms with Gasteiger partial charge in [-0.05, 0) is 19.9 Å². The molecule has 1 unspecified atom stereocenters. The van der Waals surface area contributed by atoms with E-state index in [9.17, 15) is 4.21 Å². The van der Waals surface area contributed by atoms with Gasteiger partial charge in [0.25, 0.3) is 0 Å². The lowest BCUT2D eigenvalue weighted by Crippen LogP contribution is -2.00. The van der Waals surface area contributed by atoms with E-state index in [0.29, 0.717) is 0 Å². The van der Waals surface area contributed by atoms with Crippen molar-refractivity contribution in [2.75, 3.05) is 11.0 Å². The minimum Gasteiger partial charge on any atom is -0.304 e. The van der Waals surface area contributed by atoms with E-state index in [-0.39, 0.29) is 0 Å². The lowest BCUT2D eigenvalue weighted by atomic mass is 10.4. The molecular weight excluding hydrogens is 178 g/mol. The molecule has 4 heteroatoms. The van der Waals surface area contributed by atoms with E-state index in [4.69, 9.17) is 0 Å². The summed E-state index contributed by atoms with van der Waals surface area (Å²) in [5, 5.41) is 0. The summed E-state index contributed by atoms with van der Waals surface area (Å²) in [6.45, 7) is 4.06. The van der Waals surface area contributed by atoms with Gasteiger partial charge in [-0.15, -0.1) is 11.3 Å². The number of rotatable bonds is 2. The van der Waals surface area contributed by atoms with Crippen LogP contribution < -0.4 is 4.72 Å². The molecule has 1 heterocycles. The van der Waals surface area contributed by atoms with Crippen molar-refractivity contribution in [1.29, 1.82) is 0 Å². The predicted octanol–water partition coefficient (Wildman–Crippen LogP) is 2.07. The van der Waals surface area contributed by atoms with Gasteiger partial charge in [-0.1, -0.05) is 0 Å². The van der Waals surface area contributed by atoms with E-state index in [2.05, 4.69) is 4.72 Å². The van der Waals surface area contributed by atoms with Crippen LogP contribution in [0.2, 0.25) is 0 Å². The summed E-state index contributed by atoms with van der Waals surface area (Å²) in [6, 6.07) is 2.02. The molecule has 0 fully saturated rings. The third-order valence-electron chi connectivity index (χ3n) is 1.29. The Morgan fingerprint density at radius 2 is 2.18 bits per heavy atom. The van der Waals surface area contributed by atoms with Crippen LogP contribution in [0.25, 0.3) is 0 Å². The fraction of sp³-hybridized carbons (Fsp3) is 0.429. The summed E-state index contributed by atoms with van der Waals surface area (Å²) in [7, 11) is -0.957. The summed E-state index contributed by atoms with van der Waals surface area (Å²) in [5.41, 5.74) is 0.994. The zero-order valence-corrected chi connectivity index (χ0v) is 8.44. The largest absolute Gasteiger partial charge is 0.304 e. The first-order valence-corrected chi connectivity index (χ1v) is 5.64. The van der Waals surface area contributed by atoms with Gasteiger partial charge >= 0.3 is 0 Å². The third-order valence-corrected chi connectivity index (χ3v) is 2.77. The Kier molecular flexibility index (Phi) is 2.67. The van der Waals surface area contributed by atoms with Crippen LogP contribution in [0, 0.1) is 13.8 Å². The quantitative estimate of drug-likeness (QED) is 0.758. The fourth-order valence-corrected chi connectivity index (χ4v) is 2.35. The second-order valence-electron chi connectivity index (χ2n) is 2.38. The summed E-state index contributed by atoms with van der Waals surface area (Å²) < 4.78 is 13.7. The molecule has 0 bridgehead atoms. The molecule has 0 radical (unpaired) electrons. The van der Waals surface area contributed by atoms with Crippen LogP contribution in [0.3, 0.4) is 0 Å². The van der Waals surface area contributed by atoms with Gasteiger partial charge in [-0.2, -0.15) is 0 Å². The number of aryl methyl sites for hydroxylation is 2. The maximum Gasteiger partial charge on any atom is 0.113 e. The normalized spacial score (nSPS) is 13.0. The topological polar surface area (TPSA) is 29.1 Å². The first-order chi connectivity index (χ1) is 5.09. The molecule has 1 atom stereocenters. The highest BCUT2D eigenvalue weighted by Gasteiger charge is 2.01. The minimum atomic E-state index is -0.957. The number of nitrogens with one attached hydrogen (secondary N) is 1. The van der Waals surface area contributed by atoms with Gasteiger partial charge in [0.2, 0.25) is 0 Å². The van der Waals surface area contributed by atoms with E-state index in [1.807, 2.05) is 19.9 Å². The first-order valence-electron chi connectivity index (χ1n) is 3.26.